The van der Waals surface area contributed by atoms with Crippen LogP contribution in [0.15, 0.2) is 42.5 Å². The van der Waals surface area contributed by atoms with Gasteiger partial charge in [0.1, 0.15) is 31.0 Å². The van der Waals surface area contributed by atoms with Crippen LogP contribution in [0.4, 0.5) is 4.79 Å². The highest BCUT2D eigenvalue weighted by Crippen LogP contribution is 2.38. The van der Waals surface area contributed by atoms with Crippen LogP contribution in [0.2, 0.25) is 0 Å². The first-order chi connectivity index (χ1) is 14.4. The van der Waals surface area contributed by atoms with E-state index in [2.05, 4.69) is 12.1 Å². The van der Waals surface area contributed by atoms with Gasteiger partial charge in [0.05, 0.1) is 6.61 Å². The van der Waals surface area contributed by atoms with Gasteiger partial charge in [0, 0.05) is 7.05 Å². The number of hydrogen-bond donors (Lipinski definition) is 4. The maximum Gasteiger partial charge on any atom is 0.411 e. The lowest BCUT2D eigenvalue weighted by Gasteiger charge is -2.42. The zero-order valence-corrected chi connectivity index (χ0v) is 16.5. The van der Waals surface area contributed by atoms with Crippen molar-refractivity contribution in [3.05, 3.63) is 59.2 Å². The predicted molar refractivity (Wildman–Crippen MR) is 106 cm³/mol. The molecule has 0 spiro atoms. The average molecular weight is 415 g/mol. The Bertz CT molecular complexity index is 931. The number of amides is 1. The third-order valence-corrected chi connectivity index (χ3v) is 5.84. The van der Waals surface area contributed by atoms with Gasteiger partial charge in [-0.3, -0.25) is 4.90 Å². The number of carbonyl (C=O) groups excluding carboxylic acids is 1. The highest BCUT2D eigenvalue weighted by molar-refractivity contribution is 5.78. The third-order valence-electron chi connectivity index (χ3n) is 5.84. The van der Waals surface area contributed by atoms with Crippen LogP contribution < -0.4 is 0 Å². The third kappa shape index (κ3) is 3.57. The number of benzene rings is 2. The first-order valence-corrected chi connectivity index (χ1v) is 9.81. The molecule has 2 aromatic carbocycles. The van der Waals surface area contributed by atoms with Gasteiger partial charge in [0.15, 0.2) is 6.23 Å². The zero-order valence-electron chi connectivity index (χ0n) is 16.5. The molecule has 1 aliphatic heterocycles. The van der Waals surface area contributed by atoms with Crippen LogP contribution in [0.5, 0.6) is 0 Å². The lowest BCUT2D eigenvalue weighted by molar-refractivity contribution is -0.256. The van der Waals surface area contributed by atoms with Crippen molar-refractivity contribution in [2.45, 2.75) is 43.7 Å². The monoisotopic (exact) mass is 415 g/mol. The minimum Gasteiger partial charge on any atom is -0.444 e. The van der Waals surface area contributed by atoms with Gasteiger partial charge >= 0.3 is 6.09 Å². The molecule has 1 heterocycles. The Balaban J connectivity index is 1.44. The number of nitrogens with zero attached hydrogens (tertiary/aromatic N) is 1. The molecule has 1 aliphatic carbocycles. The van der Waals surface area contributed by atoms with Crippen LogP contribution in [-0.2, 0) is 22.5 Å². The SMILES string of the molecule is CN(C(=O)OCc1cccc2c1Cc1ccccc1-2)[C@@H]1O[C@H](CO)[C@H](O)[C@H](O)[C@H]1O. The second-order valence-corrected chi connectivity index (χ2v) is 7.66. The van der Waals surface area contributed by atoms with E-state index in [-0.39, 0.29) is 6.61 Å². The molecular weight excluding hydrogens is 390 g/mol. The number of likely N-dealkylation sites (N-methyl/N-ethyl adjacent to an activating group) is 1. The van der Waals surface area contributed by atoms with Crippen molar-refractivity contribution >= 4 is 6.09 Å². The van der Waals surface area contributed by atoms with E-state index in [0.29, 0.717) is 0 Å². The van der Waals surface area contributed by atoms with Crippen molar-refractivity contribution in [2.24, 2.45) is 0 Å². The van der Waals surface area contributed by atoms with Gasteiger partial charge in [-0.25, -0.2) is 4.79 Å². The van der Waals surface area contributed by atoms with Crippen LogP contribution in [0, 0.1) is 0 Å². The van der Waals surface area contributed by atoms with E-state index in [0.717, 1.165) is 28.0 Å². The Hall–Kier alpha value is -2.49. The molecule has 1 fully saturated rings. The first kappa shape index (κ1) is 20.8. The fourth-order valence-corrected chi connectivity index (χ4v) is 4.11. The molecule has 8 nitrogen and oxygen atoms in total. The van der Waals surface area contributed by atoms with Gasteiger partial charge in [-0.2, -0.15) is 0 Å². The van der Waals surface area contributed by atoms with Crippen molar-refractivity contribution in [1.82, 2.24) is 4.90 Å². The average Bonchev–Trinajstić information content (AvgIpc) is 3.15. The molecule has 0 radical (unpaired) electrons. The van der Waals surface area contributed by atoms with Crippen molar-refractivity contribution in [3.63, 3.8) is 0 Å². The molecule has 4 rings (SSSR count). The minimum atomic E-state index is -1.56. The minimum absolute atomic E-state index is 0.0394. The molecule has 0 aromatic heterocycles. The molecular formula is C22H25NO7. The lowest BCUT2D eigenvalue weighted by Crippen LogP contribution is -2.63. The molecule has 30 heavy (non-hydrogen) atoms. The number of hydrogen-bond acceptors (Lipinski definition) is 7. The summed E-state index contributed by atoms with van der Waals surface area (Å²) in [5.41, 5.74) is 5.53. The second kappa shape index (κ2) is 8.33. The van der Waals surface area contributed by atoms with Crippen molar-refractivity contribution in [3.8, 4) is 11.1 Å². The molecule has 2 aliphatic rings. The fraction of sp³-hybridized carbons (Fsp3) is 0.409. The van der Waals surface area contributed by atoms with E-state index in [1.807, 2.05) is 30.3 Å². The maximum atomic E-state index is 12.6. The van der Waals surface area contributed by atoms with Crippen LogP contribution in [-0.4, -0.2) is 75.7 Å². The molecule has 0 unspecified atom stereocenters. The van der Waals surface area contributed by atoms with Gasteiger partial charge in [-0.05, 0) is 34.2 Å². The van der Waals surface area contributed by atoms with Crippen LogP contribution >= 0.6 is 0 Å². The summed E-state index contributed by atoms with van der Waals surface area (Å²) in [7, 11) is 1.36. The van der Waals surface area contributed by atoms with Crippen molar-refractivity contribution < 1.29 is 34.7 Å². The Kier molecular flexibility index (Phi) is 5.77. The molecule has 2 aromatic rings. The summed E-state index contributed by atoms with van der Waals surface area (Å²) in [4.78, 5) is 13.6. The van der Waals surface area contributed by atoms with E-state index in [4.69, 9.17) is 9.47 Å². The van der Waals surface area contributed by atoms with E-state index in [1.54, 1.807) is 0 Å². The molecule has 160 valence electrons. The van der Waals surface area contributed by atoms with Gasteiger partial charge in [0.25, 0.3) is 0 Å². The van der Waals surface area contributed by atoms with Gasteiger partial charge in [-0.15, -0.1) is 0 Å². The van der Waals surface area contributed by atoms with Crippen molar-refractivity contribution in [2.75, 3.05) is 13.7 Å². The van der Waals surface area contributed by atoms with E-state index in [1.165, 1.54) is 18.2 Å². The zero-order chi connectivity index (χ0) is 21.4. The van der Waals surface area contributed by atoms with Gasteiger partial charge in [-0.1, -0.05) is 42.5 Å². The molecule has 1 amide bonds. The Morgan fingerprint density at radius 1 is 1.07 bits per heavy atom. The molecule has 8 heteroatoms. The smallest absolute Gasteiger partial charge is 0.411 e. The Morgan fingerprint density at radius 2 is 1.80 bits per heavy atom. The fourth-order valence-electron chi connectivity index (χ4n) is 4.11. The summed E-state index contributed by atoms with van der Waals surface area (Å²) in [6, 6.07) is 14.0. The van der Waals surface area contributed by atoms with Gasteiger partial charge < -0.3 is 29.9 Å². The summed E-state index contributed by atoms with van der Waals surface area (Å²) in [5.74, 6) is 0. The number of aliphatic hydroxyl groups is 4. The predicted octanol–water partition coefficient (Wildman–Crippen LogP) is 0.626. The van der Waals surface area contributed by atoms with Crippen LogP contribution in [0.25, 0.3) is 11.1 Å². The molecule has 5 atom stereocenters. The molecule has 0 saturated carbocycles. The van der Waals surface area contributed by atoms with Crippen LogP contribution in [0.1, 0.15) is 16.7 Å². The number of rotatable bonds is 4. The first-order valence-electron chi connectivity index (χ1n) is 9.81. The standard InChI is InChI=1S/C22H25NO7/c1-23(21-20(27)19(26)18(25)17(10-24)30-21)22(28)29-11-13-6-4-8-15-14-7-3-2-5-12(14)9-16(13)15/h2-8,17-21,24-27H,9-11H2,1H3/t17-,18+,19+,20-,21-/m1/s1. The van der Waals surface area contributed by atoms with Gasteiger partial charge in [0.2, 0.25) is 0 Å². The summed E-state index contributed by atoms with van der Waals surface area (Å²) in [6.07, 6.45) is -6.95. The quantitative estimate of drug-likeness (QED) is 0.493. The van der Waals surface area contributed by atoms with E-state index >= 15 is 0 Å². The maximum absolute atomic E-state index is 12.6. The molecule has 1 saturated heterocycles. The summed E-state index contributed by atoms with van der Waals surface area (Å²) in [6.45, 7) is -0.529. The summed E-state index contributed by atoms with van der Waals surface area (Å²) in [5, 5.41) is 39.3. The van der Waals surface area contributed by atoms with Crippen LogP contribution in [0.3, 0.4) is 0 Å². The number of fused-ring (bicyclic) bond motifs is 3. The largest absolute Gasteiger partial charge is 0.444 e. The number of aliphatic hydroxyl groups excluding tert-OH is 4. The molecule has 0 bridgehead atoms. The summed E-state index contributed by atoms with van der Waals surface area (Å²) < 4.78 is 10.8. The van der Waals surface area contributed by atoms with Crippen molar-refractivity contribution in [1.29, 1.82) is 0 Å². The number of ether oxygens (including phenoxy) is 2. The highest BCUT2D eigenvalue weighted by Gasteiger charge is 2.46. The summed E-state index contributed by atoms with van der Waals surface area (Å²) >= 11 is 0. The van der Waals surface area contributed by atoms with E-state index in [9.17, 15) is 25.2 Å². The lowest BCUT2D eigenvalue weighted by atomic mass is 9.98. The molecule has 4 N–H and O–H groups in total. The second-order valence-electron chi connectivity index (χ2n) is 7.66. The normalized spacial score (nSPS) is 27.3. The topological polar surface area (TPSA) is 120 Å². The number of carbonyl (C=O) groups is 1. The Labute approximate surface area is 173 Å². The Morgan fingerprint density at radius 3 is 2.57 bits per heavy atom. The highest BCUT2D eigenvalue weighted by atomic mass is 16.6. The van der Waals surface area contributed by atoms with E-state index < -0.39 is 43.3 Å².